The Morgan fingerprint density at radius 2 is 2.07 bits per heavy atom. The minimum atomic E-state index is 0.671. The fourth-order valence-corrected chi connectivity index (χ4v) is 2.63. The summed E-state index contributed by atoms with van der Waals surface area (Å²) in [5, 5.41) is 3.31. The molecule has 1 saturated heterocycles. The average Bonchev–Trinajstić information content (AvgIpc) is 2.65. The molecule has 2 atom stereocenters. The van der Waals surface area contributed by atoms with Crippen LogP contribution in [0.5, 0.6) is 0 Å². The van der Waals surface area contributed by atoms with E-state index in [4.69, 9.17) is 0 Å². The summed E-state index contributed by atoms with van der Waals surface area (Å²) < 4.78 is 0. The minimum absolute atomic E-state index is 0.671. The fraction of sp³-hybridized carbons (Fsp3) is 1.00. The lowest BCUT2D eigenvalue weighted by atomic mass is 10.0. The van der Waals surface area contributed by atoms with E-state index in [1.165, 1.54) is 38.8 Å². The molecule has 1 rings (SSSR count). The predicted octanol–water partition coefficient (Wildman–Crippen LogP) is 2.49. The number of likely N-dealkylation sites (tertiary alicyclic amines) is 1. The second-order valence-electron chi connectivity index (χ2n) is 5.32. The molecule has 1 heterocycles. The van der Waals surface area contributed by atoms with Gasteiger partial charge in [0.1, 0.15) is 0 Å². The van der Waals surface area contributed by atoms with E-state index in [2.05, 4.69) is 38.0 Å². The molecule has 2 nitrogen and oxygen atoms in total. The fourth-order valence-electron chi connectivity index (χ4n) is 2.63. The molecule has 0 aromatic rings. The third-order valence-electron chi connectivity index (χ3n) is 3.76. The quantitative estimate of drug-likeness (QED) is 0.728. The van der Waals surface area contributed by atoms with Crippen LogP contribution in [0.2, 0.25) is 0 Å². The summed E-state index contributed by atoms with van der Waals surface area (Å²) in [6.07, 6.45) is 5.46. The van der Waals surface area contributed by atoms with Gasteiger partial charge in [-0.15, -0.1) is 0 Å². The highest BCUT2D eigenvalue weighted by Gasteiger charge is 2.26. The first-order valence-electron chi connectivity index (χ1n) is 6.56. The van der Waals surface area contributed by atoms with E-state index in [1.807, 2.05) is 0 Å². The van der Waals surface area contributed by atoms with Crippen LogP contribution >= 0.6 is 0 Å². The molecule has 2 unspecified atom stereocenters. The van der Waals surface area contributed by atoms with Crippen molar-refractivity contribution in [3.05, 3.63) is 0 Å². The minimum Gasteiger partial charge on any atom is -0.317 e. The van der Waals surface area contributed by atoms with Gasteiger partial charge in [-0.1, -0.05) is 13.8 Å². The highest BCUT2D eigenvalue weighted by molar-refractivity contribution is 4.81. The number of nitrogens with zero attached hydrogens (tertiary/aromatic N) is 1. The molecule has 1 fully saturated rings. The van der Waals surface area contributed by atoms with E-state index in [-0.39, 0.29) is 0 Å². The first-order valence-corrected chi connectivity index (χ1v) is 6.56. The zero-order valence-corrected chi connectivity index (χ0v) is 10.9. The van der Waals surface area contributed by atoms with Crippen molar-refractivity contribution in [2.75, 3.05) is 20.1 Å². The molecular formula is C13H28N2. The Labute approximate surface area is 95.4 Å². The molecule has 0 spiro atoms. The Kier molecular flexibility index (Phi) is 5.62. The van der Waals surface area contributed by atoms with Crippen LogP contribution in [0.25, 0.3) is 0 Å². The maximum atomic E-state index is 3.31. The van der Waals surface area contributed by atoms with E-state index in [1.54, 1.807) is 0 Å². The van der Waals surface area contributed by atoms with E-state index in [9.17, 15) is 0 Å². The zero-order chi connectivity index (χ0) is 11.3. The van der Waals surface area contributed by atoms with Gasteiger partial charge in [-0.25, -0.2) is 0 Å². The summed E-state index contributed by atoms with van der Waals surface area (Å²) in [4.78, 5) is 2.70. The maximum absolute atomic E-state index is 3.31. The maximum Gasteiger partial charge on any atom is 0.0119 e. The average molecular weight is 212 g/mol. The third kappa shape index (κ3) is 4.12. The van der Waals surface area contributed by atoms with Crippen LogP contribution in [0.3, 0.4) is 0 Å². The molecule has 0 saturated carbocycles. The first kappa shape index (κ1) is 13.0. The van der Waals surface area contributed by atoms with Crippen LogP contribution in [0.4, 0.5) is 0 Å². The van der Waals surface area contributed by atoms with Gasteiger partial charge in [-0.2, -0.15) is 0 Å². The van der Waals surface area contributed by atoms with Gasteiger partial charge < -0.3 is 10.2 Å². The lowest BCUT2D eigenvalue weighted by molar-refractivity contribution is 0.201. The van der Waals surface area contributed by atoms with Crippen LogP contribution in [0.1, 0.15) is 46.5 Å². The normalized spacial score (nSPS) is 25.0. The van der Waals surface area contributed by atoms with E-state index >= 15 is 0 Å². The Bertz CT molecular complexity index is 168. The summed E-state index contributed by atoms with van der Waals surface area (Å²) in [5.41, 5.74) is 0. The van der Waals surface area contributed by atoms with Crippen molar-refractivity contribution in [1.82, 2.24) is 10.2 Å². The molecule has 0 radical (unpaired) electrons. The number of rotatable bonds is 6. The Morgan fingerprint density at radius 1 is 1.33 bits per heavy atom. The molecule has 1 aliphatic rings. The molecule has 0 aromatic heterocycles. The van der Waals surface area contributed by atoms with Crippen LogP contribution in [0, 0.1) is 5.92 Å². The second-order valence-corrected chi connectivity index (χ2v) is 5.32. The summed E-state index contributed by atoms with van der Waals surface area (Å²) >= 11 is 0. The van der Waals surface area contributed by atoms with E-state index < -0.39 is 0 Å². The molecule has 1 aliphatic heterocycles. The van der Waals surface area contributed by atoms with Gasteiger partial charge in [0.05, 0.1) is 0 Å². The highest BCUT2D eigenvalue weighted by atomic mass is 15.2. The molecule has 0 aliphatic carbocycles. The second kappa shape index (κ2) is 6.49. The first-order chi connectivity index (χ1) is 7.15. The summed E-state index contributed by atoms with van der Waals surface area (Å²) in [6.45, 7) is 9.62. The van der Waals surface area contributed by atoms with Crippen molar-refractivity contribution < 1.29 is 0 Å². The van der Waals surface area contributed by atoms with Gasteiger partial charge in [0.25, 0.3) is 0 Å². The molecule has 0 amide bonds. The molecule has 0 aromatic carbocycles. The van der Waals surface area contributed by atoms with Gasteiger partial charge in [0, 0.05) is 12.1 Å². The predicted molar refractivity (Wildman–Crippen MR) is 67.2 cm³/mol. The van der Waals surface area contributed by atoms with Gasteiger partial charge >= 0.3 is 0 Å². The number of nitrogens with one attached hydrogen (secondary N) is 1. The number of hydrogen-bond acceptors (Lipinski definition) is 2. The van der Waals surface area contributed by atoms with Crippen molar-refractivity contribution in [3.63, 3.8) is 0 Å². The highest BCUT2D eigenvalue weighted by Crippen LogP contribution is 2.23. The van der Waals surface area contributed by atoms with E-state index in [0.29, 0.717) is 6.04 Å². The van der Waals surface area contributed by atoms with Crippen LogP contribution in [0.15, 0.2) is 0 Å². The Hall–Kier alpha value is -0.0800. The van der Waals surface area contributed by atoms with Crippen molar-refractivity contribution in [2.24, 2.45) is 5.92 Å². The molecule has 1 N–H and O–H groups in total. The Balaban J connectivity index is 2.20. The molecule has 0 bridgehead atoms. The summed E-state index contributed by atoms with van der Waals surface area (Å²) in [5.74, 6) is 0.828. The lowest BCUT2D eigenvalue weighted by Crippen LogP contribution is -2.34. The topological polar surface area (TPSA) is 15.3 Å². The summed E-state index contributed by atoms with van der Waals surface area (Å²) in [7, 11) is 2.05. The van der Waals surface area contributed by atoms with Gasteiger partial charge in [0.15, 0.2) is 0 Å². The van der Waals surface area contributed by atoms with Crippen LogP contribution in [-0.2, 0) is 0 Å². The van der Waals surface area contributed by atoms with Gasteiger partial charge in [0.2, 0.25) is 0 Å². The van der Waals surface area contributed by atoms with Crippen molar-refractivity contribution >= 4 is 0 Å². The van der Waals surface area contributed by atoms with Crippen LogP contribution < -0.4 is 5.32 Å². The number of hydrogen-bond donors (Lipinski definition) is 1. The molecule has 90 valence electrons. The summed E-state index contributed by atoms with van der Waals surface area (Å²) in [6, 6.07) is 1.53. The van der Waals surface area contributed by atoms with Crippen molar-refractivity contribution in [3.8, 4) is 0 Å². The van der Waals surface area contributed by atoms with Gasteiger partial charge in [-0.05, 0) is 58.7 Å². The van der Waals surface area contributed by atoms with Crippen LogP contribution in [-0.4, -0.2) is 37.1 Å². The molecule has 15 heavy (non-hydrogen) atoms. The molecule has 2 heteroatoms. The Morgan fingerprint density at radius 3 is 2.67 bits per heavy atom. The van der Waals surface area contributed by atoms with Crippen molar-refractivity contribution in [1.29, 1.82) is 0 Å². The standard InChI is InChI=1S/C13H28N2/c1-11(2)13-8-6-10-15(13)9-5-7-12(3)14-4/h11-14H,5-10H2,1-4H3. The van der Waals surface area contributed by atoms with Gasteiger partial charge in [-0.3, -0.25) is 0 Å². The zero-order valence-electron chi connectivity index (χ0n) is 10.9. The van der Waals surface area contributed by atoms with E-state index in [0.717, 1.165) is 12.0 Å². The lowest BCUT2D eigenvalue weighted by Gasteiger charge is -2.27. The monoisotopic (exact) mass is 212 g/mol. The smallest absolute Gasteiger partial charge is 0.0119 e. The SMILES string of the molecule is CNC(C)CCCN1CCCC1C(C)C. The third-order valence-corrected chi connectivity index (χ3v) is 3.76. The van der Waals surface area contributed by atoms with Crippen molar-refractivity contribution in [2.45, 2.75) is 58.5 Å². The largest absolute Gasteiger partial charge is 0.317 e. The molecular weight excluding hydrogens is 184 g/mol.